The number of piperidine rings is 1. The van der Waals surface area contributed by atoms with Gasteiger partial charge in [-0.25, -0.2) is 4.79 Å². The number of carbonyl (C=O) groups is 3. The Morgan fingerprint density at radius 3 is 2.27 bits per heavy atom. The first-order chi connectivity index (χ1) is 12.6. The van der Waals surface area contributed by atoms with Crippen molar-refractivity contribution in [2.45, 2.75) is 32.1 Å². The quantitative estimate of drug-likeness (QED) is 0.864. The SMILES string of the molecule is O=C(NCC(=O)N1CCCC1)Nc1cccc(C(=O)N2CCCCC2)c1. The summed E-state index contributed by atoms with van der Waals surface area (Å²) in [6.07, 6.45) is 5.29. The Labute approximate surface area is 153 Å². The van der Waals surface area contributed by atoms with Crippen LogP contribution >= 0.6 is 0 Å². The standard InChI is InChI=1S/C19H26N4O3/c24-17(22-9-4-5-10-22)14-20-19(26)21-16-8-6-7-15(13-16)18(25)23-11-2-1-3-12-23/h6-8,13H,1-5,9-12,14H2,(H2,20,21,26). The third kappa shape index (κ3) is 4.74. The summed E-state index contributed by atoms with van der Waals surface area (Å²) in [5, 5.41) is 5.28. The van der Waals surface area contributed by atoms with Gasteiger partial charge in [0.05, 0.1) is 6.54 Å². The normalized spacial score (nSPS) is 17.1. The van der Waals surface area contributed by atoms with Gasteiger partial charge in [-0.15, -0.1) is 0 Å². The topological polar surface area (TPSA) is 81.8 Å². The number of nitrogens with one attached hydrogen (secondary N) is 2. The molecular formula is C19H26N4O3. The highest BCUT2D eigenvalue weighted by Gasteiger charge is 2.19. The molecule has 7 heteroatoms. The van der Waals surface area contributed by atoms with Gasteiger partial charge in [0, 0.05) is 37.4 Å². The van der Waals surface area contributed by atoms with Crippen molar-refractivity contribution in [3.8, 4) is 0 Å². The average Bonchev–Trinajstić information content (AvgIpc) is 3.21. The van der Waals surface area contributed by atoms with Gasteiger partial charge in [0.1, 0.15) is 0 Å². The number of hydrogen-bond acceptors (Lipinski definition) is 3. The number of anilines is 1. The summed E-state index contributed by atoms with van der Waals surface area (Å²) in [5.74, 6) is -0.0651. The maximum absolute atomic E-state index is 12.5. The van der Waals surface area contributed by atoms with Crippen LogP contribution in [0.3, 0.4) is 0 Å². The van der Waals surface area contributed by atoms with E-state index in [1.807, 2.05) is 4.90 Å². The van der Waals surface area contributed by atoms with Crippen molar-refractivity contribution in [1.29, 1.82) is 0 Å². The van der Waals surface area contributed by atoms with E-state index in [0.29, 0.717) is 11.3 Å². The van der Waals surface area contributed by atoms with Crippen molar-refractivity contribution in [3.05, 3.63) is 29.8 Å². The molecular weight excluding hydrogens is 332 g/mol. The predicted molar refractivity (Wildman–Crippen MR) is 99.0 cm³/mol. The molecule has 1 aromatic rings. The Hall–Kier alpha value is -2.57. The molecule has 3 rings (SSSR count). The number of hydrogen-bond donors (Lipinski definition) is 2. The monoisotopic (exact) mass is 358 g/mol. The van der Waals surface area contributed by atoms with Crippen LogP contribution in [0.2, 0.25) is 0 Å². The molecule has 2 N–H and O–H groups in total. The van der Waals surface area contributed by atoms with Crippen LogP contribution in [0.1, 0.15) is 42.5 Å². The highest BCUT2D eigenvalue weighted by Crippen LogP contribution is 2.16. The maximum atomic E-state index is 12.5. The van der Waals surface area contributed by atoms with E-state index in [1.165, 1.54) is 6.42 Å². The minimum absolute atomic E-state index is 0.00188. The van der Waals surface area contributed by atoms with Gasteiger partial charge in [0.25, 0.3) is 5.91 Å². The van der Waals surface area contributed by atoms with E-state index in [0.717, 1.165) is 51.9 Å². The smallest absolute Gasteiger partial charge is 0.319 e. The molecule has 2 aliphatic heterocycles. The Kier molecular flexibility index (Phi) is 6.09. The van der Waals surface area contributed by atoms with Crippen molar-refractivity contribution in [3.63, 3.8) is 0 Å². The van der Waals surface area contributed by atoms with Gasteiger partial charge in [0.15, 0.2) is 0 Å². The lowest BCUT2D eigenvalue weighted by Gasteiger charge is -2.26. The number of carbonyl (C=O) groups excluding carboxylic acids is 3. The molecule has 0 aliphatic carbocycles. The van der Waals surface area contributed by atoms with Crippen LogP contribution in [0.4, 0.5) is 10.5 Å². The Morgan fingerprint density at radius 1 is 0.885 bits per heavy atom. The molecule has 0 spiro atoms. The zero-order valence-electron chi connectivity index (χ0n) is 15.0. The lowest BCUT2D eigenvalue weighted by molar-refractivity contribution is -0.128. The molecule has 4 amide bonds. The molecule has 2 fully saturated rings. The van der Waals surface area contributed by atoms with Gasteiger partial charge in [0.2, 0.25) is 5.91 Å². The first kappa shape index (κ1) is 18.2. The number of likely N-dealkylation sites (tertiary alicyclic amines) is 2. The molecule has 26 heavy (non-hydrogen) atoms. The van der Waals surface area contributed by atoms with Crippen molar-refractivity contribution in [1.82, 2.24) is 15.1 Å². The second kappa shape index (κ2) is 8.69. The molecule has 1 aromatic carbocycles. The average molecular weight is 358 g/mol. The number of amides is 4. The molecule has 2 saturated heterocycles. The molecule has 0 unspecified atom stereocenters. The van der Waals surface area contributed by atoms with Crippen molar-refractivity contribution >= 4 is 23.5 Å². The Morgan fingerprint density at radius 2 is 1.54 bits per heavy atom. The summed E-state index contributed by atoms with van der Waals surface area (Å²) in [6, 6.07) is 6.48. The third-order valence-electron chi connectivity index (χ3n) is 4.87. The summed E-state index contributed by atoms with van der Waals surface area (Å²) in [4.78, 5) is 40.1. The van der Waals surface area contributed by atoms with E-state index in [4.69, 9.17) is 0 Å². The van der Waals surface area contributed by atoms with Crippen LogP contribution in [-0.4, -0.2) is 60.4 Å². The van der Waals surface area contributed by atoms with Crippen LogP contribution in [0.15, 0.2) is 24.3 Å². The van der Waals surface area contributed by atoms with Gasteiger partial charge < -0.3 is 20.4 Å². The third-order valence-corrected chi connectivity index (χ3v) is 4.87. The van der Waals surface area contributed by atoms with E-state index >= 15 is 0 Å². The maximum Gasteiger partial charge on any atom is 0.319 e. The summed E-state index contributed by atoms with van der Waals surface area (Å²) in [6.45, 7) is 3.09. The molecule has 0 radical (unpaired) electrons. The fraction of sp³-hybridized carbons (Fsp3) is 0.526. The highest BCUT2D eigenvalue weighted by atomic mass is 16.2. The zero-order valence-corrected chi connectivity index (χ0v) is 15.0. The molecule has 0 bridgehead atoms. The molecule has 2 aliphatic rings. The Balaban J connectivity index is 1.51. The first-order valence-corrected chi connectivity index (χ1v) is 9.35. The number of urea groups is 1. The fourth-order valence-corrected chi connectivity index (χ4v) is 3.42. The number of nitrogens with zero attached hydrogens (tertiary/aromatic N) is 2. The van der Waals surface area contributed by atoms with Gasteiger partial charge in [-0.05, 0) is 50.3 Å². The van der Waals surface area contributed by atoms with E-state index in [-0.39, 0.29) is 18.4 Å². The fourth-order valence-electron chi connectivity index (χ4n) is 3.42. The lowest BCUT2D eigenvalue weighted by atomic mass is 10.1. The first-order valence-electron chi connectivity index (χ1n) is 9.35. The number of benzene rings is 1. The van der Waals surface area contributed by atoms with E-state index in [9.17, 15) is 14.4 Å². The van der Waals surface area contributed by atoms with Crippen molar-refractivity contribution in [2.75, 3.05) is 38.0 Å². The zero-order chi connectivity index (χ0) is 18.4. The van der Waals surface area contributed by atoms with E-state index < -0.39 is 6.03 Å². The van der Waals surface area contributed by atoms with Crippen LogP contribution in [-0.2, 0) is 4.79 Å². The second-order valence-corrected chi connectivity index (χ2v) is 6.83. The Bertz CT molecular complexity index is 665. The second-order valence-electron chi connectivity index (χ2n) is 6.83. The molecule has 7 nitrogen and oxygen atoms in total. The van der Waals surface area contributed by atoms with Gasteiger partial charge >= 0.3 is 6.03 Å². The van der Waals surface area contributed by atoms with Crippen LogP contribution in [0, 0.1) is 0 Å². The molecule has 0 aromatic heterocycles. The molecule has 2 heterocycles. The van der Waals surface area contributed by atoms with E-state index in [1.54, 1.807) is 29.2 Å². The number of rotatable bonds is 4. The minimum atomic E-state index is -0.444. The summed E-state index contributed by atoms with van der Waals surface area (Å²) < 4.78 is 0. The minimum Gasteiger partial charge on any atom is -0.341 e. The lowest BCUT2D eigenvalue weighted by Crippen LogP contribution is -2.40. The van der Waals surface area contributed by atoms with E-state index in [2.05, 4.69) is 10.6 Å². The van der Waals surface area contributed by atoms with Crippen LogP contribution in [0.25, 0.3) is 0 Å². The summed E-state index contributed by atoms with van der Waals surface area (Å²) >= 11 is 0. The molecule has 140 valence electrons. The van der Waals surface area contributed by atoms with Crippen molar-refractivity contribution in [2.24, 2.45) is 0 Å². The van der Waals surface area contributed by atoms with Gasteiger partial charge in [-0.3, -0.25) is 9.59 Å². The van der Waals surface area contributed by atoms with Crippen LogP contribution < -0.4 is 10.6 Å². The summed E-state index contributed by atoms with van der Waals surface area (Å²) in [5.41, 5.74) is 1.11. The van der Waals surface area contributed by atoms with Crippen LogP contribution in [0.5, 0.6) is 0 Å². The van der Waals surface area contributed by atoms with Gasteiger partial charge in [-0.1, -0.05) is 6.07 Å². The summed E-state index contributed by atoms with van der Waals surface area (Å²) in [7, 11) is 0. The highest BCUT2D eigenvalue weighted by molar-refractivity contribution is 5.97. The van der Waals surface area contributed by atoms with Crippen molar-refractivity contribution < 1.29 is 14.4 Å². The predicted octanol–water partition coefficient (Wildman–Crippen LogP) is 2.06. The molecule has 0 saturated carbocycles. The molecule has 0 atom stereocenters. The van der Waals surface area contributed by atoms with Gasteiger partial charge in [-0.2, -0.15) is 0 Å². The largest absolute Gasteiger partial charge is 0.341 e.